The Labute approximate surface area is 118 Å². The molecule has 1 aliphatic heterocycles. The maximum Gasteiger partial charge on any atom is 0.227 e. The summed E-state index contributed by atoms with van der Waals surface area (Å²) >= 11 is 0. The van der Waals surface area contributed by atoms with Crippen molar-refractivity contribution in [2.45, 2.75) is 58.9 Å². The van der Waals surface area contributed by atoms with Crippen LogP contribution >= 0.6 is 0 Å². The van der Waals surface area contributed by atoms with E-state index in [0.717, 1.165) is 26.1 Å². The van der Waals surface area contributed by atoms with Gasteiger partial charge in [-0.15, -0.1) is 0 Å². The van der Waals surface area contributed by atoms with E-state index in [1.54, 1.807) is 0 Å². The van der Waals surface area contributed by atoms with E-state index in [2.05, 4.69) is 31.0 Å². The molecule has 1 heterocycles. The van der Waals surface area contributed by atoms with Crippen molar-refractivity contribution in [1.29, 1.82) is 0 Å². The molecule has 110 valence electrons. The molecular formula is C16H30N2O. The van der Waals surface area contributed by atoms with Gasteiger partial charge in [0.25, 0.3) is 0 Å². The number of hydrogen-bond acceptors (Lipinski definition) is 2. The lowest BCUT2D eigenvalue weighted by Crippen LogP contribution is -2.45. The minimum atomic E-state index is 0.216. The molecule has 0 spiro atoms. The Morgan fingerprint density at radius 2 is 1.95 bits per heavy atom. The van der Waals surface area contributed by atoms with Crippen LogP contribution in [0.1, 0.15) is 52.9 Å². The van der Waals surface area contributed by atoms with E-state index in [-0.39, 0.29) is 5.92 Å². The molecule has 2 fully saturated rings. The van der Waals surface area contributed by atoms with E-state index >= 15 is 0 Å². The average molecular weight is 266 g/mol. The standard InChI is InChI=1S/C16H30N2O/c1-12(2)8-9-18(14-6-4-5-7-14)16(19)15-11-17-10-13(15)3/h12-15,17H,4-11H2,1-3H3/t13-,15-/m1/s1. The maximum atomic E-state index is 12.8. The van der Waals surface area contributed by atoms with Crippen LogP contribution in [0.5, 0.6) is 0 Å². The van der Waals surface area contributed by atoms with Crippen molar-refractivity contribution in [2.75, 3.05) is 19.6 Å². The maximum absolute atomic E-state index is 12.8. The number of amides is 1. The number of hydrogen-bond donors (Lipinski definition) is 1. The van der Waals surface area contributed by atoms with Gasteiger partial charge in [-0.1, -0.05) is 33.6 Å². The fraction of sp³-hybridized carbons (Fsp3) is 0.938. The van der Waals surface area contributed by atoms with Crippen LogP contribution in [0, 0.1) is 17.8 Å². The minimum absolute atomic E-state index is 0.216. The Morgan fingerprint density at radius 1 is 1.26 bits per heavy atom. The summed E-state index contributed by atoms with van der Waals surface area (Å²) in [5.74, 6) is 1.81. The van der Waals surface area contributed by atoms with Crippen LogP contribution in [0.4, 0.5) is 0 Å². The molecule has 1 N–H and O–H groups in total. The molecule has 19 heavy (non-hydrogen) atoms. The summed E-state index contributed by atoms with van der Waals surface area (Å²) in [4.78, 5) is 15.1. The van der Waals surface area contributed by atoms with Crippen LogP contribution in [0.25, 0.3) is 0 Å². The van der Waals surface area contributed by atoms with E-state index in [1.807, 2.05) is 0 Å². The number of nitrogens with zero attached hydrogens (tertiary/aromatic N) is 1. The lowest BCUT2D eigenvalue weighted by Gasteiger charge is -2.33. The van der Waals surface area contributed by atoms with E-state index in [9.17, 15) is 4.79 Å². The summed E-state index contributed by atoms with van der Waals surface area (Å²) in [5.41, 5.74) is 0. The Bertz CT molecular complexity index is 297. The minimum Gasteiger partial charge on any atom is -0.339 e. The highest BCUT2D eigenvalue weighted by atomic mass is 16.2. The summed E-state index contributed by atoms with van der Waals surface area (Å²) in [7, 11) is 0. The smallest absolute Gasteiger partial charge is 0.227 e. The molecule has 2 rings (SSSR count). The molecule has 1 saturated carbocycles. The first-order valence-electron chi connectivity index (χ1n) is 8.10. The predicted molar refractivity (Wildman–Crippen MR) is 78.9 cm³/mol. The summed E-state index contributed by atoms with van der Waals surface area (Å²) in [6.07, 6.45) is 6.18. The fourth-order valence-electron chi connectivity index (χ4n) is 3.44. The number of rotatable bonds is 5. The highest BCUT2D eigenvalue weighted by molar-refractivity contribution is 5.80. The molecule has 0 radical (unpaired) electrons. The lowest BCUT2D eigenvalue weighted by atomic mass is 9.95. The van der Waals surface area contributed by atoms with Gasteiger partial charge in [0.05, 0.1) is 5.92 Å². The summed E-state index contributed by atoms with van der Waals surface area (Å²) in [5, 5.41) is 3.37. The third-order valence-electron chi connectivity index (χ3n) is 4.83. The van der Waals surface area contributed by atoms with Crippen LogP contribution in [-0.4, -0.2) is 36.5 Å². The summed E-state index contributed by atoms with van der Waals surface area (Å²) in [6.45, 7) is 9.54. The first-order valence-corrected chi connectivity index (χ1v) is 8.10. The molecule has 1 saturated heterocycles. The number of nitrogens with one attached hydrogen (secondary N) is 1. The second-order valence-electron chi connectivity index (χ2n) is 6.89. The van der Waals surface area contributed by atoms with Gasteiger partial charge in [0.15, 0.2) is 0 Å². The summed E-state index contributed by atoms with van der Waals surface area (Å²) in [6, 6.07) is 0.527. The number of carbonyl (C=O) groups is 1. The van der Waals surface area contributed by atoms with Gasteiger partial charge in [0.2, 0.25) is 5.91 Å². The third-order valence-corrected chi connectivity index (χ3v) is 4.83. The second kappa shape index (κ2) is 6.74. The normalized spacial score (nSPS) is 28.2. The van der Waals surface area contributed by atoms with E-state index in [4.69, 9.17) is 0 Å². The second-order valence-corrected chi connectivity index (χ2v) is 6.89. The van der Waals surface area contributed by atoms with Gasteiger partial charge in [-0.3, -0.25) is 4.79 Å². The van der Waals surface area contributed by atoms with Crippen LogP contribution < -0.4 is 5.32 Å². The molecule has 0 aromatic carbocycles. The molecule has 0 unspecified atom stereocenters. The lowest BCUT2D eigenvalue weighted by molar-refractivity contribution is -0.138. The Kier molecular flexibility index (Phi) is 5.26. The Morgan fingerprint density at radius 3 is 2.47 bits per heavy atom. The van der Waals surface area contributed by atoms with Gasteiger partial charge >= 0.3 is 0 Å². The van der Waals surface area contributed by atoms with Gasteiger partial charge < -0.3 is 10.2 Å². The molecule has 0 aromatic heterocycles. The molecular weight excluding hydrogens is 236 g/mol. The Balaban J connectivity index is 2.00. The quantitative estimate of drug-likeness (QED) is 0.829. The Hall–Kier alpha value is -0.570. The highest BCUT2D eigenvalue weighted by Gasteiger charge is 2.36. The van der Waals surface area contributed by atoms with Crippen molar-refractivity contribution >= 4 is 5.91 Å². The average Bonchev–Trinajstić information content (AvgIpc) is 3.00. The first kappa shape index (κ1) is 14.8. The van der Waals surface area contributed by atoms with Gasteiger partial charge in [0.1, 0.15) is 0 Å². The van der Waals surface area contributed by atoms with Crippen molar-refractivity contribution in [1.82, 2.24) is 10.2 Å². The molecule has 3 nitrogen and oxygen atoms in total. The monoisotopic (exact) mass is 266 g/mol. The molecule has 0 aromatic rings. The van der Waals surface area contributed by atoms with Gasteiger partial charge in [-0.2, -0.15) is 0 Å². The molecule has 3 heteroatoms. The first-order chi connectivity index (χ1) is 9.09. The zero-order valence-electron chi connectivity index (χ0n) is 12.8. The van der Waals surface area contributed by atoms with E-state index in [0.29, 0.717) is 23.8 Å². The third kappa shape index (κ3) is 3.71. The molecule has 1 aliphatic carbocycles. The van der Waals surface area contributed by atoms with E-state index < -0.39 is 0 Å². The van der Waals surface area contributed by atoms with Crippen LogP contribution in [0.15, 0.2) is 0 Å². The summed E-state index contributed by atoms with van der Waals surface area (Å²) < 4.78 is 0. The molecule has 2 aliphatic rings. The zero-order chi connectivity index (χ0) is 13.8. The van der Waals surface area contributed by atoms with E-state index in [1.165, 1.54) is 25.7 Å². The largest absolute Gasteiger partial charge is 0.339 e. The van der Waals surface area contributed by atoms with Crippen LogP contribution in [0.3, 0.4) is 0 Å². The van der Waals surface area contributed by atoms with Crippen molar-refractivity contribution in [3.05, 3.63) is 0 Å². The van der Waals surface area contributed by atoms with Crippen molar-refractivity contribution in [3.8, 4) is 0 Å². The predicted octanol–water partition coefficient (Wildman–Crippen LogP) is 2.66. The van der Waals surface area contributed by atoms with Crippen molar-refractivity contribution in [3.63, 3.8) is 0 Å². The number of carbonyl (C=O) groups excluding carboxylic acids is 1. The SMILES string of the molecule is CC(C)CCN(C(=O)[C@@H]1CNC[C@H]1C)C1CCCC1. The van der Waals surface area contributed by atoms with Crippen molar-refractivity contribution < 1.29 is 4.79 Å². The van der Waals surface area contributed by atoms with Crippen LogP contribution in [-0.2, 0) is 4.79 Å². The van der Waals surface area contributed by atoms with Gasteiger partial charge in [-0.05, 0) is 37.6 Å². The molecule has 2 atom stereocenters. The zero-order valence-corrected chi connectivity index (χ0v) is 12.8. The van der Waals surface area contributed by atoms with Crippen molar-refractivity contribution in [2.24, 2.45) is 17.8 Å². The molecule has 1 amide bonds. The topological polar surface area (TPSA) is 32.3 Å². The van der Waals surface area contributed by atoms with Crippen LogP contribution in [0.2, 0.25) is 0 Å². The fourth-order valence-corrected chi connectivity index (χ4v) is 3.44. The van der Waals surface area contributed by atoms with Gasteiger partial charge in [-0.25, -0.2) is 0 Å². The molecule has 0 bridgehead atoms. The van der Waals surface area contributed by atoms with Gasteiger partial charge in [0, 0.05) is 19.1 Å². The highest BCUT2D eigenvalue weighted by Crippen LogP contribution is 2.28.